The molecule has 1 fully saturated rings. The van der Waals surface area contributed by atoms with Crippen molar-refractivity contribution >= 4 is 11.3 Å². The van der Waals surface area contributed by atoms with Crippen LogP contribution >= 0.6 is 11.3 Å². The Kier molecular flexibility index (Phi) is 4.15. The van der Waals surface area contributed by atoms with Crippen molar-refractivity contribution in [2.45, 2.75) is 32.4 Å². The molecule has 0 radical (unpaired) electrons. The van der Waals surface area contributed by atoms with E-state index in [1.54, 1.807) is 11.3 Å². The molecule has 20 heavy (non-hydrogen) atoms. The minimum atomic E-state index is 0.259. The van der Waals surface area contributed by atoms with Gasteiger partial charge in [-0.1, -0.05) is 29.8 Å². The first-order valence-corrected chi connectivity index (χ1v) is 8.00. The topological polar surface area (TPSA) is 36.4 Å². The quantitative estimate of drug-likeness (QED) is 0.939. The van der Waals surface area contributed by atoms with Gasteiger partial charge in [-0.3, -0.25) is 4.90 Å². The normalized spacial score (nSPS) is 19.6. The molecule has 0 spiro atoms. The summed E-state index contributed by atoms with van der Waals surface area (Å²) in [5, 5.41) is 12.6. The number of benzene rings is 1. The van der Waals surface area contributed by atoms with Crippen LogP contribution in [0.25, 0.3) is 10.6 Å². The third kappa shape index (κ3) is 2.92. The summed E-state index contributed by atoms with van der Waals surface area (Å²) < 4.78 is 0. The summed E-state index contributed by atoms with van der Waals surface area (Å²) in [6.07, 6.45) is 2.28. The number of hydrogen-bond acceptors (Lipinski definition) is 4. The van der Waals surface area contributed by atoms with Crippen molar-refractivity contribution in [3.63, 3.8) is 0 Å². The number of hydrogen-bond donors (Lipinski definition) is 1. The van der Waals surface area contributed by atoms with Gasteiger partial charge in [0.1, 0.15) is 5.01 Å². The molecule has 1 atom stereocenters. The molecule has 2 heterocycles. The van der Waals surface area contributed by atoms with Gasteiger partial charge in [-0.2, -0.15) is 0 Å². The summed E-state index contributed by atoms with van der Waals surface area (Å²) in [7, 11) is 0. The third-order valence-electron chi connectivity index (χ3n) is 3.93. The molecule has 106 valence electrons. The van der Waals surface area contributed by atoms with Crippen LogP contribution in [0.2, 0.25) is 0 Å². The number of aliphatic hydroxyl groups is 1. The molecular weight excluding hydrogens is 268 g/mol. The Balaban J connectivity index is 1.72. The van der Waals surface area contributed by atoms with Gasteiger partial charge in [0.05, 0.1) is 12.3 Å². The van der Waals surface area contributed by atoms with E-state index < -0.39 is 0 Å². The number of nitrogens with zero attached hydrogens (tertiary/aromatic N) is 2. The molecule has 0 unspecified atom stereocenters. The summed E-state index contributed by atoms with van der Waals surface area (Å²) in [5.74, 6) is 0. The molecule has 0 saturated carbocycles. The second-order valence-electron chi connectivity index (χ2n) is 5.46. The Morgan fingerprint density at radius 2 is 2.15 bits per heavy atom. The Labute approximate surface area is 123 Å². The van der Waals surface area contributed by atoms with Crippen LogP contribution in [-0.4, -0.2) is 34.2 Å². The third-order valence-corrected chi connectivity index (χ3v) is 4.87. The lowest BCUT2D eigenvalue weighted by molar-refractivity contribution is 0.152. The predicted molar refractivity (Wildman–Crippen MR) is 82.8 cm³/mol. The maximum atomic E-state index is 9.36. The monoisotopic (exact) mass is 288 g/mol. The Hall–Kier alpha value is -1.23. The lowest BCUT2D eigenvalue weighted by Gasteiger charge is -2.21. The SMILES string of the molecule is Cc1ccc(-c2nc(CN3CCC[C@@H]3CO)cs2)cc1. The molecule has 1 aliphatic rings. The number of aliphatic hydroxyl groups excluding tert-OH is 1. The van der Waals surface area contributed by atoms with E-state index in [0.29, 0.717) is 6.04 Å². The van der Waals surface area contributed by atoms with E-state index in [2.05, 4.69) is 41.5 Å². The smallest absolute Gasteiger partial charge is 0.123 e. The molecular formula is C16H20N2OS. The van der Waals surface area contributed by atoms with Crippen molar-refractivity contribution in [1.82, 2.24) is 9.88 Å². The van der Waals surface area contributed by atoms with Crippen LogP contribution < -0.4 is 0 Å². The highest BCUT2D eigenvalue weighted by Gasteiger charge is 2.24. The fourth-order valence-electron chi connectivity index (χ4n) is 2.73. The standard InChI is InChI=1S/C16H20N2OS/c1-12-4-6-13(7-5-12)16-17-14(11-20-16)9-18-8-2-3-15(18)10-19/h4-7,11,15,19H,2-3,8-10H2,1H3/t15-/m1/s1. The molecule has 2 aromatic rings. The molecule has 0 aliphatic carbocycles. The molecule has 3 rings (SSSR count). The summed E-state index contributed by atoms with van der Waals surface area (Å²) in [6.45, 7) is 4.28. The summed E-state index contributed by atoms with van der Waals surface area (Å²) >= 11 is 1.70. The van der Waals surface area contributed by atoms with Crippen LogP contribution in [0.1, 0.15) is 24.1 Å². The van der Waals surface area contributed by atoms with Gasteiger partial charge in [-0.25, -0.2) is 4.98 Å². The van der Waals surface area contributed by atoms with Crippen LogP contribution in [0.3, 0.4) is 0 Å². The van der Waals surface area contributed by atoms with Gasteiger partial charge in [0, 0.05) is 23.5 Å². The van der Waals surface area contributed by atoms with Crippen LogP contribution in [0.15, 0.2) is 29.6 Å². The Morgan fingerprint density at radius 1 is 1.35 bits per heavy atom. The Morgan fingerprint density at radius 3 is 2.90 bits per heavy atom. The first-order chi connectivity index (χ1) is 9.76. The van der Waals surface area contributed by atoms with Crippen LogP contribution in [-0.2, 0) is 6.54 Å². The van der Waals surface area contributed by atoms with Crippen molar-refractivity contribution in [1.29, 1.82) is 0 Å². The highest BCUT2D eigenvalue weighted by molar-refractivity contribution is 7.13. The Bertz CT molecular complexity index is 564. The second-order valence-corrected chi connectivity index (χ2v) is 6.32. The van der Waals surface area contributed by atoms with Crippen molar-refractivity contribution in [2.75, 3.05) is 13.2 Å². The van der Waals surface area contributed by atoms with E-state index in [1.165, 1.54) is 17.5 Å². The average molecular weight is 288 g/mol. The lowest BCUT2D eigenvalue weighted by Crippen LogP contribution is -2.31. The van der Waals surface area contributed by atoms with Gasteiger partial charge in [0.25, 0.3) is 0 Å². The lowest BCUT2D eigenvalue weighted by atomic mass is 10.2. The second kappa shape index (κ2) is 6.04. The number of aryl methyl sites for hydroxylation is 1. The largest absolute Gasteiger partial charge is 0.395 e. The van der Waals surface area contributed by atoms with E-state index in [0.717, 1.165) is 30.2 Å². The molecule has 1 aromatic heterocycles. The zero-order chi connectivity index (χ0) is 13.9. The highest BCUT2D eigenvalue weighted by Crippen LogP contribution is 2.26. The minimum Gasteiger partial charge on any atom is -0.395 e. The van der Waals surface area contributed by atoms with E-state index in [9.17, 15) is 5.11 Å². The number of likely N-dealkylation sites (tertiary alicyclic amines) is 1. The molecule has 1 aliphatic heterocycles. The zero-order valence-corrected chi connectivity index (χ0v) is 12.6. The molecule has 0 amide bonds. The van der Waals surface area contributed by atoms with Gasteiger partial charge < -0.3 is 5.11 Å². The fourth-order valence-corrected chi connectivity index (χ4v) is 3.54. The number of thiazole rings is 1. The van der Waals surface area contributed by atoms with Gasteiger partial charge in [0.15, 0.2) is 0 Å². The van der Waals surface area contributed by atoms with Gasteiger partial charge >= 0.3 is 0 Å². The number of aromatic nitrogens is 1. The summed E-state index contributed by atoms with van der Waals surface area (Å²) in [5.41, 5.74) is 3.58. The van der Waals surface area contributed by atoms with E-state index in [1.807, 2.05) is 0 Å². The maximum absolute atomic E-state index is 9.36. The average Bonchev–Trinajstić information content (AvgIpc) is 3.09. The van der Waals surface area contributed by atoms with E-state index in [4.69, 9.17) is 4.98 Å². The molecule has 4 heteroatoms. The zero-order valence-electron chi connectivity index (χ0n) is 11.7. The van der Waals surface area contributed by atoms with E-state index in [-0.39, 0.29) is 6.61 Å². The van der Waals surface area contributed by atoms with E-state index >= 15 is 0 Å². The highest BCUT2D eigenvalue weighted by atomic mass is 32.1. The first-order valence-electron chi connectivity index (χ1n) is 7.12. The van der Waals surface area contributed by atoms with Gasteiger partial charge in [0.2, 0.25) is 0 Å². The van der Waals surface area contributed by atoms with Crippen molar-refractivity contribution < 1.29 is 5.11 Å². The van der Waals surface area contributed by atoms with Gasteiger partial charge in [-0.15, -0.1) is 11.3 Å². The molecule has 3 nitrogen and oxygen atoms in total. The van der Waals surface area contributed by atoms with Crippen LogP contribution in [0, 0.1) is 6.92 Å². The van der Waals surface area contributed by atoms with Crippen molar-refractivity contribution in [3.05, 3.63) is 40.9 Å². The van der Waals surface area contributed by atoms with Crippen molar-refractivity contribution in [2.24, 2.45) is 0 Å². The fraction of sp³-hybridized carbons (Fsp3) is 0.438. The molecule has 1 N–H and O–H groups in total. The molecule has 1 saturated heterocycles. The summed E-state index contributed by atoms with van der Waals surface area (Å²) in [6, 6.07) is 8.82. The summed E-state index contributed by atoms with van der Waals surface area (Å²) in [4.78, 5) is 7.08. The minimum absolute atomic E-state index is 0.259. The maximum Gasteiger partial charge on any atom is 0.123 e. The molecule has 0 bridgehead atoms. The number of rotatable bonds is 4. The molecule has 1 aromatic carbocycles. The van der Waals surface area contributed by atoms with Crippen LogP contribution in [0.4, 0.5) is 0 Å². The van der Waals surface area contributed by atoms with Gasteiger partial charge in [-0.05, 0) is 26.3 Å². The van der Waals surface area contributed by atoms with Crippen molar-refractivity contribution in [3.8, 4) is 10.6 Å². The first kappa shape index (κ1) is 13.7. The predicted octanol–water partition coefficient (Wildman–Crippen LogP) is 3.08. The van der Waals surface area contributed by atoms with Crippen LogP contribution in [0.5, 0.6) is 0 Å².